The summed E-state index contributed by atoms with van der Waals surface area (Å²) in [6, 6.07) is 10.1. The molecule has 1 saturated heterocycles. The number of rotatable bonds is 3. The Bertz CT molecular complexity index is 313. The molecule has 1 aliphatic heterocycles. The molecule has 2 atom stereocenters. The van der Waals surface area contributed by atoms with Crippen LogP contribution in [0, 0.1) is 0 Å². The van der Waals surface area contributed by atoms with E-state index in [1.165, 1.54) is 0 Å². The molecule has 0 saturated carbocycles. The van der Waals surface area contributed by atoms with Crippen molar-refractivity contribution in [2.75, 3.05) is 27.2 Å². The van der Waals surface area contributed by atoms with Gasteiger partial charge in [-0.15, -0.1) is 0 Å². The first-order chi connectivity index (χ1) is 7.75. The predicted molar refractivity (Wildman–Crippen MR) is 63.2 cm³/mol. The summed E-state index contributed by atoms with van der Waals surface area (Å²) in [7, 11) is 4.13. The molecule has 1 aliphatic rings. The van der Waals surface area contributed by atoms with Gasteiger partial charge in [0.15, 0.2) is 6.29 Å². The average molecular weight is 221 g/mol. The van der Waals surface area contributed by atoms with Crippen LogP contribution in [0.1, 0.15) is 18.3 Å². The zero-order valence-electron chi connectivity index (χ0n) is 9.93. The monoisotopic (exact) mass is 221 g/mol. The molecular weight excluding hydrogens is 202 g/mol. The van der Waals surface area contributed by atoms with Crippen molar-refractivity contribution in [1.82, 2.24) is 4.90 Å². The highest BCUT2D eigenvalue weighted by molar-refractivity contribution is 5.16. The largest absolute Gasteiger partial charge is 0.348 e. The van der Waals surface area contributed by atoms with Crippen LogP contribution in [0.25, 0.3) is 0 Å². The first-order valence-corrected chi connectivity index (χ1v) is 5.72. The van der Waals surface area contributed by atoms with Gasteiger partial charge in [0.1, 0.15) is 0 Å². The van der Waals surface area contributed by atoms with E-state index in [0.717, 1.165) is 25.1 Å². The number of nitrogens with zero attached hydrogens (tertiary/aromatic N) is 1. The Balaban J connectivity index is 1.97. The smallest absolute Gasteiger partial charge is 0.184 e. The first kappa shape index (κ1) is 11.6. The Kier molecular flexibility index (Phi) is 3.93. The molecule has 88 valence electrons. The molecule has 3 nitrogen and oxygen atoms in total. The Morgan fingerprint density at radius 3 is 2.69 bits per heavy atom. The number of hydrogen-bond donors (Lipinski definition) is 0. The van der Waals surface area contributed by atoms with E-state index in [0.29, 0.717) is 0 Å². The van der Waals surface area contributed by atoms with Crippen LogP contribution < -0.4 is 0 Å². The van der Waals surface area contributed by atoms with Crippen LogP contribution in [0.4, 0.5) is 0 Å². The van der Waals surface area contributed by atoms with Crippen LogP contribution in [0.3, 0.4) is 0 Å². The van der Waals surface area contributed by atoms with E-state index >= 15 is 0 Å². The lowest BCUT2D eigenvalue weighted by molar-refractivity contribution is -0.219. The molecule has 0 unspecified atom stereocenters. The SMILES string of the molecule is CN(C)C[C@@H]1CCO[C@H](c2ccccc2)O1. The Morgan fingerprint density at radius 1 is 1.25 bits per heavy atom. The average Bonchev–Trinajstić information content (AvgIpc) is 2.30. The lowest BCUT2D eigenvalue weighted by atomic mass is 10.2. The number of hydrogen-bond acceptors (Lipinski definition) is 3. The third-order valence-corrected chi connectivity index (χ3v) is 2.67. The summed E-state index contributed by atoms with van der Waals surface area (Å²) >= 11 is 0. The number of likely N-dealkylation sites (N-methyl/N-ethyl adjacent to an activating group) is 1. The Morgan fingerprint density at radius 2 is 2.00 bits per heavy atom. The molecular formula is C13H19NO2. The molecule has 1 fully saturated rings. The van der Waals surface area contributed by atoms with Crippen molar-refractivity contribution in [1.29, 1.82) is 0 Å². The molecule has 0 aromatic heterocycles. The van der Waals surface area contributed by atoms with E-state index in [4.69, 9.17) is 9.47 Å². The van der Waals surface area contributed by atoms with Crippen LogP contribution >= 0.6 is 0 Å². The van der Waals surface area contributed by atoms with Gasteiger partial charge in [-0.25, -0.2) is 0 Å². The van der Waals surface area contributed by atoms with Crippen molar-refractivity contribution in [3.8, 4) is 0 Å². The molecule has 0 bridgehead atoms. The first-order valence-electron chi connectivity index (χ1n) is 5.72. The van der Waals surface area contributed by atoms with E-state index < -0.39 is 0 Å². The maximum absolute atomic E-state index is 5.92. The lowest BCUT2D eigenvalue weighted by Crippen LogP contribution is -2.35. The fourth-order valence-corrected chi connectivity index (χ4v) is 1.92. The van der Waals surface area contributed by atoms with Gasteiger partial charge in [0.2, 0.25) is 0 Å². The van der Waals surface area contributed by atoms with Gasteiger partial charge in [-0.3, -0.25) is 0 Å². The molecule has 1 aromatic carbocycles. The topological polar surface area (TPSA) is 21.7 Å². The summed E-state index contributed by atoms with van der Waals surface area (Å²) in [6.07, 6.45) is 1.05. The van der Waals surface area contributed by atoms with Crippen molar-refractivity contribution in [3.63, 3.8) is 0 Å². The zero-order chi connectivity index (χ0) is 11.4. The number of ether oxygens (including phenoxy) is 2. The van der Waals surface area contributed by atoms with E-state index in [-0.39, 0.29) is 12.4 Å². The molecule has 0 radical (unpaired) electrons. The van der Waals surface area contributed by atoms with Gasteiger partial charge >= 0.3 is 0 Å². The van der Waals surface area contributed by atoms with E-state index in [1.54, 1.807) is 0 Å². The van der Waals surface area contributed by atoms with Crippen LogP contribution in [0.2, 0.25) is 0 Å². The van der Waals surface area contributed by atoms with Gasteiger partial charge in [0.05, 0.1) is 12.7 Å². The molecule has 0 aliphatic carbocycles. The van der Waals surface area contributed by atoms with Crippen LogP contribution in [-0.4, -0.2) is 38.3 Å². The van der Waals surface area contributed by atoms with E-state index in [1.807, 2.05) is 30.3 Å². The maximum atomic E-state index is 5.92. The van der Waals surface area contributed by atoms with Gasteiger partial charge in [-0.2, -0.15) is 0 Å². The van der Waals surface area contributed by atoms with Gasteiger partial charge < -0.3 is 14.4 Å². The van der Waals surface area contributed by atoms with Crippen LogP contribution in [0.5, 0.6) is 0 Å². The third-order valence-electron chi connectivity index (χ3n) is 2.67. The maximum Gasteiger partial charge on any atom is 0.184 e. The second kappa shape index (κ2) is 5.43. The summed E-state index contributed by atoms with van der Waals surface area (Å²) in [5, 5.41) is 0. The normalized spacial score (nSPS) is 25.9. The van der Waals surface area contributed by atoms with Gasteiger partial charge in [-0.05, 0) is 20.5 Å². The second-order valence-corrected chi connectivity index (χ2v) is 4.42. The Hall–Kier alpha value is -0.900. The van der Waals surface area contributed by atoms with Crippen molar-refractivity contribution in [2.45, 2.75) is 18.8 Å². The molecule has 0 N–H and O–H groups in total. The summed E-state index contributed by atoms with van der Waals surface area (Å²) in [5.74, 6) is 0. The van der Waals surface area contributed by atoms with Crippen molar-refractivity contribution in [3.05, 3.63) is 35.9 Å². The summed E-state index contributed by atoms with van der Waals surface area (Å²) in [4.78, 5) is 2.15. The fraction of sp³-hybridized carbons (Fsp3) is 0.538. The van der Waals surface area contributed by atoms with Gasteiger partial charge in [0, 0.05) is 12.1 Å². The minimum atomic E-state index is -0.195. The Labute approximate surface area is 97.0 Å². The molecule has 2 rings (SSSR count). The third kappa shape index (κ3) is 3.04. The lowest BCUT2D eigenvalue weighted by Gasteiger charge is -2.31. The fourth-order valence-electron chi connectivity index (χ4n) is 1.92. The van der Waals surface area contributed by atoms with E-state index in [2.05, 4.69) is 19.0 Å². The summed E-state index contributed by atoms with van der Waals surface area (Å²) in [6.45, 7) is 1.73. The number of benzene rings is 1. The molecule has 0 amide bonds. The highest BCUT2D eigenvalue weighted by atomic mass is 16.7. The predicted octanol–water partition coefficient (Wildman–Crippen LogP) is 2.05. The molecule has 0 spiro atoms. The van der Waals surface area contributed by atoms with E-state index in [9.17, 15) is 0 Å². The quantitative estimate of drug-likeness (QED) is 0.779. The van der Waals surface area contributed by atoms with Crippen LogP contribution in [0.15, 0.2) is 30.3 Å². The van der Waals surface area contributed by atoms with Gasteiger partial charge in [0.25, 0.3) is 0 Å². The zero-order valence-corrected chi connectivity index (χ0v) is 9.93. The van der Waals surface area contributed by atoms with Crippen molar-refractivity contribution >= 4 is 0 Å². The highest BCUT2D eigenvalue weighted by Gasteiger charge is 2.24. The minimum Gasteiger partial charge on any atom is -0.348 e. The molecule has 1 heterocycles. The van der Waals surface area contributed by atoms with Crippen LogP contribution in [-0.2, 0) is 9.47 Å². The molecule has 3 heteroatoms. The highest BCUT2D eigenvalue weighted by Crippen LogP contribution is 2.26. The summed E-state index contributed by atoms with van der Waals surface area (Å²) < 4.78 is 11.6. The summed E-state index contributed by atoms with van der Waals surface area (Å²) in [5.41, 5.74) is 1.10. The standard InChI is InChI=1S/C13H19NO2/c1-14(2)10-12-8-9-15-13(16-12)11-6-4-3-5-7-11/h3-7,12-13H,8-10H2,1-2H3/t12-,13-/m0/s1. The van der Waals surface area contributed by atoms with Crippen molar-refractivity contribution < 1.29 is 9.47 Å². The molecule has 1 aromatic rings. The minimum absolute atomic E-state index is 0.195. The van der Waals surface area contributed by atoms with Crippen molar-refractivity contribution in [2.24, 2.45) is 0 Å². The van der Waals surface area contributed by atoms with Gasteiger partial charge in [-0.1, -0.05) is 30.3 Å². The molecule has 16 heavy (non-hydrogen) atoms. The second-order valence-electron chi connectivity index (χ2n) is 4.42.